The first-order valence-corrected chi connectivity index (χ1v) is 4.23. The molecule has 0 bridgehead atoms. The zero-order valence-electron chi connectivity index (χ0n) is 8.02. The predicted molar refractivity (Wildman–Crippen MR) is 47.2 cm³/mol. The normalized spacial score (nSPS) is 18.0. The first-order chi connectivity index (χ1) is 4.89. The highest BCUT2D eigenvalue weighted by molar-refractivity contribution is 4.78. The van der Waals surface area contributed by atoms with Crippen LogP contribution in [-0.2, 0) is 0 Å². The Kier molecular flexibility index (Phi) is 4.01. The summed E-state index contributed by atoms with van der Waals surface area (Å²) in [6.07, 6.45) is 0.0276. The summed E-state index contributed by atoms with van der Waals surface area (Å²) >= 11 is 0. The molecule has 0 aromatic heterocycles. The lowest BCUT2D eigenvalue weighted by atomic mass is 9.76. The van der Waals surface area contributed by atoms with Gasteiger partial charge in [-0.1, -0.05) is 20.8 Å². The van der Waals surface area contributed by atoms with Gasteiger partial charge in [0.15, 0.2) is 0 Å². The minimum Gasteiger partial charge on any atom is -0.330 e. The van der Waals surface area contributed by atoms with Gasteiger partial charge in [0, 0.05) is 0 Å². The number of hydrogen-bond donors (Lipinski definition) is 1. The zero-order valence-corrected chi connectivity index (χ0v) is 8.02. The second kappa shape index (κ2) is 4.05. The van der Waals surface area contributed by atoms with Crippen molar-refractivity contribution in [2.45, 2.75) is 40.3 Å². The summed E-state index contributed by atoms with van der Waals surface area (Å²) in [4.78, 5) is 0. The molecule has 2 atom stereocenters. The van der Waals surface area contributed by atoms with Gasteiger partial charge in [0.1, 0.15) is 6.17 Å². The molecule has 2 heteroatoms. The number of alkyl halides is 1. The lowest BCUT2D eigenvalue weighted by Gasteiger charge is -2.31. The maximum absolute atomic E-state index is 13.0. The summed E-state index contributed by atoms with van der Waals surface area (Å²) in [5, 5.41) is 0. The molecular weight excluding hydrogens is 141 g/mol. The topological polar surface area (TPSA) is 26.0 Å². The summed E-state index contributed by atoms with van der Waals surface area (Å²) in [5.74, 6) is 0.0903. The fourth-order valence-corrected chi connectivity index (χ4v) is 1.53. The molecule has 0 spiro atoms. The quantitative estimate of drug-likeness (QED) is 0.675. The molecule has 2 N–H and O–H groups in total. The fourth-order valence-electron chi connectivity index (χ4n) is 1.53. The molecule has 0 fully saturated rings. The minimum absolute atomic E-state index is 0.0353. The molecule has 0 aromatic carbocycles. The highest BCUT2D eigenvalue weighted by Gasteiger charge is 2.28. The SMILES string of the molecule is CC(F)C(CCN)C(C)(C)C. The average Bonchev–Trinajstić information content (AvgIpc) is 1.79. The van der Waals surface area contributed by atoms with Crippen molar-refractivity contribution in [1.29, 1.82) is 0 Å². The number of hydrogen-bond acceptors (Lipinski definition) is 1. The predicted octanol–water partition coefficient (Wildman–Crippen LogP) is 2.36. The smallest absolute Gasteiger partial charge is 0.101 e. The highest BCUT2D eigenvalue weighted by Crippen LogP contribution is 2.32. The Morgan fingerprint density at radius 2 is 1.82 bits per heavy atom. The van der Waals surface area contributed by atoms with E-state index in [-0.39, 0.29) is 11.3 Å². The van der Waals surface area contributed by atoms with E-state index in [0.717, 1.165) is 6.42 Å². The van der Waals surface area contributed by atoms with Crippen molar-refractivity contribution in [3.8, 4) is 0 Å². The summed E-state index contributed by atoms with van der Waals surface area (Å²) in [6, 6.07) is 0. The van der Waals surface area contributed by atoms with Crippen LogP contribution in [0.4, 0.5) is 4.39 Å². The number of rotatable bonds is 3. The van der Waals surface area contributed by atoms with Gasteiger partial charge in [0.2, 0.25) is 0 Å². The molecule has 0 aliphatic carbocycles. The van der Waals surface area contributed by atoms with Gasteiger partial charge in [-0.15, -0.1) is 0 Å². The third kappa shape index (κ3) is 3.71. The molecule has 0 aromatic rings. The van der Waals surface area contributed by atoms with Crippen LogP contribution in [0.25, 0.3) is 0 Å². The molecule has 68 valence electrons. The second-order valence-electron chi connectivity index (χ2n) is 4.23. The van der Waals surface area contributed by atoms with E-state index < -0.39 is 6.17 Å². The Bertz CT molecular complexity index is 105. The van der Waals surface area contributed by atoms with E-state index in [2.05, 4.69) is 20.8 Å². The van der Waals surface area contributed by atoms with Crippen LogP contribution in [-0.4, -0.2) is 12.7 Å². The van der Waals surface area contributed by atoms with Gasteiger partial charge in [-0.25, -0.2) is 4.39 Å². The second-order valence-corrected chi connectivity index (χ2v) is 4.23. The third-order valence-corrected chi connectivity index (χ3v) is 2.14. The largest absolute Gasteiger partial charge is 0.330 e. The van der Waals surface area contributed by atoms with Crippen molar-refractivity contribution in [2.75, 3.05) is 6.54 Å². The van der Waals surface area contributed by atoms with Crippen LogP contribution in [0.2, 0.25) is 0 Å². The van der Waals surface area contributed by atoms with Crippen molar-refractivity contribution < 1.29 is 4.39 Å². The van der Waals surface area contributed by atoms with Gasteiger partial charge in [-0.3, -0.25) is 0 Å². The lowest BCUT2D eigenvalue weighted by Crippen LogP contribution is -2.29. The Hall–Kier alpha value is -0.110. The molecule has 1 nitrogen and oxygen atoms in total. The molecule has 0 radical (unpaired) electrons. The van der Waals surface area contributed by atoms with Crippen LogP contribution in [0.5, 0.6) is 0 Å². The first-order valence-electron chi connectivity index (χ1n) is 4.23. The van der Waals surface area contributed by atoms with Crippen LogP contribution in [0, 0.1) is 11.3 Å². The average molecular weight is 161 g/mol. The van der Waals surface area contributed by atoms with E-state index in [1.165, 1.54) is 0 Å². The molecule has 2 unspecified atom stereocenters. The molecule has 0 heterocycles. The Morgan fingerprint density at radius 1 is 1.36 bits per heavy atom. The van der Waals surface area contributed by atoms with E-state index in [1.54, 1.807) is 6.92 Å². The van der Waals surface area contributed by atoms with Crippen molar-refractivity contribution in [1.82, 2.24) is 0 Å². The fraction of sp³-hybridized carbons (Fsp3) is 1.00. The van der Waals surface area contributed by atoms with Crippen molar-refractivity contribution in [3.63, 3.8) is 0 Å². The van der Waals surface area contributed by atoms with Crippen LogP contribution in [0.3, 0.4) is 0 Å². The van der Waals surface area contributed by atoms with E-state index in [1.807, 2.05) is 0 Å². The minimum atomic E-state index is -0.751. The van der Waals surface area contributed by atoms with Crippen LogP contribution in [0.1, 0.15) is 34.1 Å². The van der Waals surface area contributed by atoms with Crippen LogP contribution >= 0.6 is 0 Å². The Balaban J connectivity index is 4.10. The summed E-state index contributed by atoms with van der Waals surface area (Å²) in [7, 11) is 0. The van der Waals surface area contributed by atoms with Crippen molar-refractivity contribution in [3.05, 3.63) is 0 Å². The lowest BCUT2D eigenvalue weighted by molar-refractivity contribution is 0.121. The summed E-state index contributed by atoms with van der Waals surface area (Å²) in [6.45, 7) is 8.37. The van der Waals surface area contributed by atoms with E-state index in [0.29, 0.717) is 6.54 Å². The van der Waals surface area contributed by atoms with E-state index >= 15 is 0 Å². The van der Waals surface area contributed by atoms with E-state index in [9.17, 15) is 4.39 Å². The maximum Gasteiger partial charge on any atom is 0.101 e. The molecule has 0 saturated carbocycles. The van der Waals surface area contributed by atoms with Crippen molar-refractivity contribution >= 4 is 0 Å². The standard InChI is InChI=1S/C9H20FN/c1-7(10)8(5-6-11)9(2,3)4/h7-8H,5-6,11H2,1-4H3. The molecule has 11 heavy (non-hydrogen) atoms. The van der Waals surface area contributed by atoms with Crippen LogP contribution in [0.15, 0.2) is 0 Å². The van der Waals surface area contributed by atoms with Gasteiger partial charge >= 0.3 is 0 Å². The highest BCUT2D eigenvalue weighted by atomic mass is 19.1. The zero-order chi connectivity index (χ0) is 9.07. The van der Waals surface area contributed by atoms with Gasteiger partial charge in [-0.2, -0.15) is 0 Å². The maximum atomic E-state index is 13.0. The first kappa shape index (κ1) is 10.9. The number of halogens is 1. The van der Waals surface area contributed by atoms with Gasteiger partial charge in [0.25, 0.3) is 0 Å². The van der Waals surface area contributed by atoms with E-state index in [4.69, 9.17) is 5.73 Å². The number of nitrogens with two attached hydrogens (primary N) is 1. The Labute approximate surface area is 69.2 Å². The molecule has 0 amide bonds. The van der Waals surface area contributed by atoms with Crippen molar-refractivity contribution in [2.24, 2.45) is 17.1 Å². The van der Waals surface area contributed by atoms with Crippen LogP contribution < -0.4 is 5.73 Å². The molecular formula is C9H20FN. The Morgan fingerprint density at radius 3 is 1.91 bits per heavy atom. The summed E-state index contributed by atoms with van der Waals surface area (Å²) in [5.41, 5.74) is 5.43. The van der Waals surface area contributed by atoms with Gasteiger partial charge < -0.3 is 5.73 Å². The van der Waals surface area contributed by atoms with Gasteiger partial charge in [0.05, 0.1) is 0 Å². The summed E-state index contributed by atoms with van der Waals surface area (Å²) < 4.78 is 13.0. The van der Waals surface area contributed by atoms with Gasteiger partial charge in [-0.05, 0) is 31.2 Å². The molecule has 0 saturated heterocycles. The molecule has 0 rings (SSSR count). The molecule has 0 aliphatic heterocycles. The third-order valence-electron chi connectivity index (χ3n) is 2.14. The molecule has 0 aliphatic rings. The monoisotopic (exact) mass is 161 g/mol.